The van der Waals surface area contributed by atoms with Gasteiger partial charge in [0, 0.05) is 12.8 Å². The molecule has 0 heterocycles. The van der Waals surface area contributed by atoms with Crippen LogP contribution in [0.15, 0.2) is 94.2 Å². The summed E-state index contributed by atoms with van der Waals surface area (Å²) in [6.07, 6.45) is 27.8. The Morgan fingerprint density at radius 3 is 1.18 bits per heavy atom. The number of allylic oxidation sites excluding steroid dienone is 8. The molecule has 0 aromatic heterocycles. The molecule has 6 aliphatic rings. The molecule has 0 aliphatic heterocycles. The van der Waals surface area contributed by atoms with Gasteiger partial charge in [0.2, 0.25) is 0 Å². The second-order valence-corrected chi connectivity index (χ2v) is 57.9. The predicted octanol–water partition coefficient (Wildman–Crippen LogP) is 22.9. The third kappa shape index (κ3) is 21.8. The van der Waals surface area contributed by atoms with Crippen molar-refractivity contribution in [2.24, 2.45) is 33.5 Å². The first-order valence-electron chi connectivity index (χ1n) is 36.9. The van der Waals surface area contributed by atoms with Gasteiger partial charge in [0.05, 0.1) is 36.6 Å². The van der Waals surface area contributed by atoms with Crippen molar-refractivity contribution in [2.75, 3.05) is 13.2 Å². The van der Waals surface area contributed by atoms with Crippen molar-refractivity contribution >= 4 is 45.2 Å². The molecule has 4 fully saturated rings. The van der Waals surface area contributed by atoms with E-state index in [9.17, 15) is 9.59 Å². The summed E-state index contributed by atoms with van der Waals surface area (Å²) in [6.45, 7) is 77.7. The summed E-state index contributed by atoms with van der Waals surface area (Å²) in [5.41, 5.74) is 10.6. The average Bonchev–Trinajstić information content (AvgIpc) is 1.62. The van der Waals surface area contributed by atoms with Crippen molar-refractivity contribution in [3.05, 3.63) is 94.2 Å². The zero-order valence-corrected chi connectivity index (χ0v) is 70.5. The minimum Gasteiger partial charge on any atom is -0.480 e. The standard InChI is InChI=1S/C46H82O5Si2.C35H60O5Si2/c1-32-35(27-36(50-52(16,17)44(9,10)11)28-40(32)51-53(18,19)45(12,13)14)23-22-34-21-20-26-46(15)38(24-25-39(34)46)33(2)48-31-41(47)49-37(29-42(3,4)5)30-43(6,7)8;1-24-27(17-16-26-15-14-20-35(9)29(18-19-30(26)35)25(2)38-23-32(36)37)21-28(39-41(10,11)33(3,4)5)22-31(24)40-42(12,13)34(6,7)8/h22-24,33,36-37,39-40H,1,20-21,25-31H2,2-19H3;16-18,25,28,30-31H,1,14-15,19-23H2,2-13H3,(H,36,37)/t33-,36+,39-,40-,46+;25-,28+,30?,31-,35+/m00/s1. The maximum Gasteiger partial charge on any atom is 0.332 e. The zero-order chi connectivity index (χ0) is 72.5. The van der Waals surface area contributed by atoms with Crippen LogP contribution in [0.2, 0.25) is 72.5 Å². The minimum atomic E-state index is -2.03. The molecular formula is C81H142O10Si4. The number of carbonyl (C=O) groups excluding carboxylic acids is 1. The van der Waals surface area contributed by atoms with Gasteiger partial charge >= 0.3 is 11.9 Å². The van der Waals surface area contributed by atoms with E-state index in [1.54, 1.807) is 0 Å². The molecule has 6 rings (SSSR count). The smallest absolute Gasteiger partial charge is 0.332 e. The van der Waals surface area contributed by atoms with Gasteiger partial charge in [-0.2, -0.15) is 0 Å². The van der Waals surface area contributed by atoms with Gasteiger partial charge < -0.3 is 37.0 Å². The molecular weight excluding hydrogens is 1250 g/mol. The van der Waals surface area contributed by atoms with Gasteiger partial charge in [-0.3, -0.25) is 0 Å². The lowest BCUT2D eigenvalue weighted by molar-refractivity contribution is -0.158. The van der Waals surface area contributed by atoms with E-state index in [2.05, 4.69) is 247 Å². The second-order valence-electron chi connectivity index (χ2n) is 38.9. The fourth-order valence-electron chi connectivity index (χ4n) is 14.8. The Hall–Kier alpha value is -2.51. The molecule has 0 amide bonds. The van der Waals surface area contributed by atoms with Crippen molar-refractivity contribution in [1.29, 1.82) is 0 Å². The van der Waals surface area contributed by atoms with Gasteiger partial charge in [0.25, 0.3) is 0 Å². The molecule has 1 unspecified atom stereocenters. The number of hydrogen-bond acceptors (Lipinski definition) is 9. The summed E-state index contributed by atoms with van der Waals surface area (Å²) in [4.78, 5) is 24.2. The Balaban J connectivity index is 0.000000353. The fourth-order valence-corrected chi connectivity index (χ4v) is 20.1. The highest BCUT2D eigenvalue weighted by Crippen LogP contribution is 2.58. The molecule has 0 radical (unpaired) electrons. The Morgan fingerprint density at radius 1 is 0.537 bits per heavy atom. The second kappa shape index (κ2) is 31.0. The van der Waals surface area contributed by atoms with Crippen LogP contribution >= 0.6 is 0 Å². The van der Waals surface area contributed by atoms with Crippen molar-refractivity contribution in [3.63, 3.8) is 0 Å². The molecule has 14 heteroatoms. The molecule has 0 aromatic carbocycles. The van der Waals surface area contributed by atoms with E-state index in [1.165, 1.54) is 33.4 Å². The summed E-state index contributed by atoms with van der Waals surface area (Å²) in [7, 11) is -7.97. The van der Waals surface area contributed by atoms with Crippen LogP contribution in [0.25, 0.3) is 0 Å². The van der Waals surface area contributed by atoms with Crippen molar-refractivity contribution in [2.45, 2.75) is 357 Å². The van der Waals surface area contributed by atoms with Crippen LogP contribution < -0.4 is 0 Å². The summed E-state index contributed by atoms with van der Waals surface area (Å²) in [5, 5.41) is 9.65. The number of carboxylic acids is 1. The first-order valence-corrected chi connectivity index (χ1v) is 48.5. The van der Waals surface area contributed by atoms with Gasteiger partial charge in [-0.25, -0.2) is 9.59 Å². The number of hydrogen-bond donors (Lipinski definition) is 1. The first-order chi connectivity index (χ1) is 42.9. The summed E-state index contributed by atoms with van der Waals surface area (Å²) in [5.74, 6) is -0.327. The van der Waals surface area contributed by atoms with Gasteiger partial charge in [0.1, 0.15) is 19.3 Å². The maximum absolute atomic E-state index is 13.1. The number of esters is 1. The van der Waals surface area contributed by atoms with Crippen LogP contribution in [0.3, 0.4) is 0 Å². The van der Waals surface area contributed by atoms with Gasteiger partial charge in [0.15, 0.2) is 33.3 Å². The van der Waals surface area contributed by atoms with E-state index >= 15 is 0 Å². The fraction of sp³-hybridized carbons (Fsp3) is 0.778. The van der Waals surface area contributed by atoms with E-state index < -0.39 is 39.2 Å². The summed E-state index contributed by atoms with van der Waals surface area (Å²) >= 11 is 0. The molecule has 0 bridgehead atoms. The van der Waals surface area contributed by atoms with Crippen LogP contribution in [-0.4, -0.2) is 106 Å². The lowest BCUT2D eigenvalue weighted by atomic mass is 9.63. The average molecular weight is 1390 g/mol. The lowest BCUT2D eigenvalue weighted by Crippen LogP contribution is -2.49. The highest BCUT2D eigenvalue weighted by molar-refractivity contribution is 6.75. The van der Waals surface area contributed by atoms with E-state index in [4.69, 9.17) is 37.0 Å². The minimum absolute atomic E-state index is 0.00599. The largest absolute Gasteiger partial charge is 0.480 e. The van der Waals surface area contributed by atoms with Gasteiger partial charge in [-0.05, 0) is 230 Å². The lowest BCUT2D eigenvalue weighted by Gasteiger charge is -2.45. The molecule has 0 spiro atoms. The van der Waals surface area contributed by atoms with Crippen molar-refractivity contribution in [3.8, 4) is 0 Å². The number of ether oxygens (including phenoxy) is 3. The quantitative estimate of drug-likeness (QED) is 0.0676. The highest BCUT2D eigenvalue weighted by Gasteiger charge is 2.51. The number of carbonyl (C=O) groups is 2. The molecule has 10 nitrogen and oxygen atoms in total. The molecule has 1 N–H and O–H groups in total. The first kappa shape index (κ1) is 83.2. The molecule has 95 heavy (non-hydrogen) atoms. The van der Waals surface area contributed by atoms with Crippen LogP contribution in [0, 0.1) is 33.5 Å². The molecule has 10 atom stereocenters. The Bertz CT molecular complexity index is 2880. The van der Waals surface area contributed by atoms with Gasteiger partial charge in [-0.1, -0.05) is 199 Å². The Morgan fingerprint density at radius 2 is 0.863 bits per heavy atom. The third-order valence-electron chi connectivity index (χ3n) is 24.5. The zero-order valence-electron chi connectivity index (χ0n) is 66.5. The third-order valence-corrected chi connectivity index (χ3v) is 42.5. The highest BCUT2D eigenvalue weighted by atomic mass is 28.4. The van der Waals surface area contributed by atoms with Crippen LogP contribution in [-0.2, 0) is 41.5 Å². The van der Waals surface area contributed by atoms with Crippen LogP contribution in [0.4, 0.5) is 0 Å². The molecule has 0 saturated heterocycles. The van der Waals surface area contributed by atoms with Crippen LogP contribution in [0.5, 0.6) is 0 Å². The van der Waals surface area contributed by atoms with E-state index in [-0.39, 0.29) is 104 Å². The maximum atomic E-state index is 13.1. The van der Waals surface area contributed by atoms with Crippen molar-refractivity contribution < 1.29 is 46.6 Å². The SMILES string of the molecule is C=C1C(=CC=C2CCC[C@]3(C)C([C@H](C)OCC(=O)O)=CCC23)C[C@@H](O[Si](C)(C)C(C)(C)C)C[C@@H]1O[Si](C)(C)C(C)(C)C.C=C1C(=CC=C2CCC[C@]3(C)C([C@H](C)OCC(=O)OC(CC(C)(C)C)CC(C)(C)C)=CC[C@@H]23)C[C@@H](O[Si](C)(C)C(C)(C)C)C[C@@H]1O[Si](C)(C)C(C)(C)C. The Labute approximate surface area is 586 Å². The van der Waals surface area contributed by atoms with E-state index in [0.29, 0.717) is 11.8 Å². The molecule has 0 aromatic rings. The van der Waals surface area contributed by atoms with E-state index in [0.717, 1.165) is 101 Å². The monoisotopic (exact) mass is 1390 g/mol. The normalized spacial score (nSPS) is 28.7. The van der Waals surface area contributed by atoms with Gasteiger partial charge in [-0.15, -0.1) is 0 Å². The number of carboxylic acid groups (broad SMARTS) is 1. The number of fused-ring (bicyclic) bond motifs is 2. The Kier molecular flexibility index (Phi) is 27.1. The van der Waals surface area contributed by atoms with Crippen molar-refractivity contribution in [1.82, 2.24) is 0 Å². The predicted molar refractivity (Wildman–Crippen MR) is 410 cm³/mol. The molecule has 542 valence electrons. The topological polar surface area (TPSA) is 119 Å². The number of aliphatic carboxylic acids is 1. The van der Waals surface area contributed by atoms with Crippen LogP contribution in [0.1, 0.15) is 242 Å². The van der Waals surface area contributed by atoms with E-state index in [1.807, 2.05) is 6.92 Å². The summed E-state index contributed by atoms with van der Waals surface area (Å²) < 4.78 is 46.3. The molecule has 6 aliphatic carbocycles. The number of rotatable bonds is 21. The molecule has 4 saturated carbocycles. The summed E-state index contributed by atoms with van der Waals surface area (Å²) in [6, 6.07) is 0.